The predicted molar refractivity (Wildman–Crippen MR) is 97.9 cm³/mol. The number of hydrogen-bond donors (Lipinski definition) is 0. The summed E-state index contributed by atoms with van der Waals surface area (Å²) in [7, 11) is -1.11. The molecule has 1 saturated heterocycles. The van der Waals surface area contributed by atoms with Crippen LogP contribution in [0.2, 0.25) is 0 Å². The molecule has 26 heavy (non-hydrogen) atoms. The number of sulfonamides is 1. The predicted octanol–water partition coefficient (Wildman–Crippen LogP) is 2.85. The van der Waals surface area contributed by atoms with Gasteiger partial charge < -0.3 is 4.90 Å². The lowest BCUT2D eigenvalue weighted by Gasteiger charge is -2.25. The van der Waals surface area contributed by atoms with Crippen molar-refractivity contribution in [2.24, 2.45) is 0 Å². The lowest BCUT2D eigenvalue weighted by atomic mass is 10.0. The number of amides is 1. The van der Waals surface area contributed by atoms with Gasteiger partial charge in [-0.15, -0.1) is 0 Å². The minimum atomic E-state index is -3.72. The van der Waals surface area contributed by atoms with E-state index in [1.807, 2.05) is 35.2 Å². The van der Waals surface area contributed by atoms with Crippen LogP contribution in [0.5, 0.6) is 0 Å². The summed E-state index contributed by atoms with van der Waals surface area (Å²) in [5.41, 5.74) is 1.60. The molecule has 1 unspecified atom stereocenters. The largest absolute Gasteiger partial charge is 0.332 e. The summed E-state index contributed by atoms with van der Waals surface area (Å²) in [6.07, 6.45) is 1.89. The Morgan fingerprint density at radius 1 is 1.12 bits per heavy atom. The quantitative estimate of drug-likeness (QED) is 0.755. The standard InChI is InChI=1S/C19H22N2O4S/c1-20(25-2)26(23,24)17-12-10-16(11-13-17)19(22)21-14-6-9-18(21)15-7-4-3-5-8-15/h3-5,7-8,10-13,18H,6,9,14H2,1-2H3. The van der Waals surface area contributed by atoms with Gasteiger partial charge in [-0.05, 0) is 42.7 Å². The van der Waals surface area contributed by atoms with E-state index >= 15 is 0 Å². The molecule has 1 fully saturated rings. The fourth-order valence-corrected chi connectivity index (χ4v) is 4.19. The van der Waals surface area contributed by atoms with Crippen LogP contribution in [0.15, 0.2) is 59.5 Å². The molecule has 2 aromatic rings. The van der Waals surface area contributed by atoms with E-state index in [1.165, 1.54) is 26.3 Å². The molecule has 1 atom stereocenters. The highest BCUT2D eigenvalue weighted by Gasteiger charge is 2.30. The van der Waals surface area contributed by atoms with E-state index in [4.69, 9.17) is 4.84 Å². The second-order valence-electron chi connectivity index (χ2n) is 6.19. The first kappa shape index (κ1) is 18.6. The summed E-state index contributed by atoms with van der Waals surface area (Å²) in [6, 6.07) is 16.0. The van der Waals surface area contributed by atoms with Crippen LogP contribution in [-0.4, -0.2) is 44.4 Å². The number of carbonyl (C=O) groups excluding carboxylic acids is 1. The maximum absolute atomic E-state index is 12.9. The molecular weight excluding hydrogens is 352 g/mol. The van der Waals surface area contributed by atoms with Crippen LogP contribution < -0.4 is 0 Å². The first-order chi connectivity index (χ1) is 12.4. The zero-order chi connectivity index (χ0) is 18.7. The Kier molecular flexibility index (Phi) is 5.41. The highest BCUT2D eigenvalue weighted by atomic mass is 32.2. The van der Waals surface area contributed by atoms with Gasteiger partial charge in [0.25, 0.3) is 15.9 Å². The van der Waals surface area contributed by atoms with Crippen LogP contribution in [0.3, 0.4) is 0 Å². The lowest BCUT2D eigenvalue weighted by Crippen LogP contribution is -2.30. The molecule has 0 saturated carbocycles. The van der Waals surface area contributed by atoms with Gasteiger partial charge >= 0.3 is 0 Å². The van der Waals surface area contributed by atoms with Crippen molar-refractivity contribution in [2.75, 3.05) is 20.7 Å². The topological polar surface area (TPSA) is 66.9 Å². The minimum absolute atomic E-state index is 0.0618. The molecule has 0 spiro atoms. The van der Waals surface area contributed by atoms with Crippen molar-refractivity contribution < 1.29 is 18.0 Å². The zero-order valence-corrected chi connectivity index (χ0v) is 15.6. The third kappa shape index (κ3) is 3.51. The van der Waals surface area contributed by atoms with E-state index in [0.717, 1.165) is 22.9 Å². The van der Waals surface area contributed by atoms with Crippen molar-refractivity contribution in [3.63, 3.8) is 0 Å². The normalized spacial score (nSPS) is 17.7. The van der Waals surface area contributed by atoms with Gasteiger partial charge in [0.1, 0.15) is 0 Å². The van der Waals surface area contributed by atoms with Crippen LogP contribution in [0.1, 0.15) is 34.8 Å². The van der Waals surface area contributed by atoms with Crippen molar-refractivity contribution in [1.29, 1.82) is 0 Å². The third-order valence-corrected chi connectivity index (χ3v) is 6.39. The number of nitrogens with zero attached hydrogens (tertiary/aromatic N) is 2. The highest BCUT2D eigenvalue weighted by Crippen LogP contribution is 2.33. The summed E-state index contributed by atoms with van der Waals surface area (Å²) in [5.74, 6) is -0.0830. The average Bonchev–Trinajstić information content (AvgIpc) is 3.17. The SMILES string of the molecule is CON(C)S(=O)(=O)c1ccc(C(=O)N2CCCC2c2ccccc2)cc1. The van der Waals surface area contributed by atoms with Gasteiger partial charge in [-0.3, -0.25) is 9.63 Å². The zero-order valence-electron chi connectivity index (χ0n) is 14.8. The molecule has 2 aromatic carbocycles. The van der Waals surface area contributed by atoms with Crippen molar-refractivity contribution in [2.45, 2.75) is 23.8 Å². The summed E-state index contributed by atoms with van der Waals surface area (Å²) in [5, 5.41) is 0. The van der Waals surface area contributed by atoms with E-state index in [1.54, 1.807) is 12.1 Å². The van der Waals surface area contributed by atoms with Gasteiger partial charge in [0, 0.05) is 19.2 Å². The summed E-state index contributed by atoms with van der Waals surface area (Å²) < 4.78 is 25.3. The Morgan fingerprint density at radius 2 is 1.77 bits per heavy atom. The van der Waals surface area contributed by atoms with Gasteiger partial charge in [-0.25, -0.2) is 8.42 Å². The Morgan fingerprint density at radius 3 is 2.38 bits per heavy atom. The number of likely N-dealkylation sites (tertiary alicyclic amines) is 1. The van der Waals surface area contributed by atoms with Crippen molar-refractivity contribution in [3.8, 4) is 0 Å². The lowest BCUT2D eigenvalue weighted by molar-refractivity contribution is -0.0258. The maximum Gasteiger partial charge on any atom is 0.264 e. The molecule has 7 heteroatoms. The van der Waals surface area contributed by atoms with Crippen LogP contribution in [0, 0.1) is 0 Å². The van der Waals surface area contributed by atoms with E-state index in [2.05, 4.69) is 0 Å². The van der Waals surface area contributed by atoms with E-state index < -0.39 is 10.0 Å². The molecule has 1 aliphatic rings. The number of benzene rings is 2. The average molecular weight is 374 g/mol. The smallest absolute Gasteiger partial charge is 0.264 e. The van der Waals surface area contributed by atoms with Gasteiger partial charge in [0.15, 0.2) is 0 Å². The van der Waals surface area contributed by atoms with Crippen LogP contribution >= 0.6 is 0 Å². The van der Waals surface area contributed by atoms with Crippen molar-refractivity contribution >= 4 is 15.9 Å². The molecule has 1 amide bonds. The van der Waals surface area contributed by atoms with Gasteiger partial charge in [0.05, 0.1) is 18.0 Å². The third-order valence-electron chi connectivity index (χ3n) is 4.69. The molecule has 1 heterocycles. The van der Waals surface area contributed by atoms with Crippen LogP contribution in [0.25, 0.3) is 0 Å². The monoisotopic (exact) mass is 374 g/mol. The van der Waals surface area contributed by atoms with E-state index in [0.29, 0.717) is 12.1 Å². The number of hydrogen-bond acceptors (Lipinski definition) is 4. The molecule has 138 valence electrons. The fraction of sp³-hybridized carbons (Fsp3) is 0.316. The Bertz CT molecular complexity index is 866. The Balaban J connectivity index is 1.82. The molecular formula is C19H22N2O4S. The van der Waals surface area contributed by atoms with Crippen LogP contribution in [-0.2, 0) is 14.9 Å². The first-order valence-electron chi connectivity index (χ1n) is 8.44. The highest BCUT2D eigenvalue weighted by molar-refractivity contribution is 7.89. The van der Waals surface area contributed by atoms with E-state index in [-0.39, 0.29) is 16.8 Å². The molecule has 3 rings (SSSR count). The molecule has 0 aliphatic carbocycles. The van der Waals surface area contributed by atoms with E-state index in [9.17, 15) is 13.2 Å². The van der Waals surface area contributed by atoms with Crippen molar-refractivity contribution in [3.05, 3.63) is 65.7 Å². The minimum Gasteiger partial charge on any atom is -0.332 e. The second kappa shape index (κ2) is 7.57. The molecule has 0 bridgehead atoms. The molecule has 1 aliphatic heterocycles. The Labute approximate surface area is 154 Å². The number of rotatable bonds is 5. The van der Waals surface area contributed by atoms with Gasteiger partial charge in [-0.2, -0.15) is 0 Å². The number of carbonyl (C=O) groups is 1. The fourth-order valence-electron chi connectivity index (χ4n) is 3.21. The second-order valence-corrected chi connectivity index (χ2v) is 8.12. The maximum atomic E-state index is 12.9. The molecule has 0 N–H and O–H groups in total. The van der Waals surface area contributed by atoms with Crippen molar-refractivity contribution in [1.82, 2.24) is 9.37 Å². The number of hydroxylamine groups is 1. The summed E-state index contributed by atoms with van der Waals surface area (Å²) in [4.78, 5) is 19.6. The van der Waals surface area contributed by atoms with Gasteiger partial charge in [0.2, 0.25) is 0 Å². The summed E-state index contributed by atoms with van der Waals surface area (Å²) >= 11 is 0. The van der Waals surface area contributed by atoms with Gasteiger partial charge in [-0.1, -0.05) is 34.8 Å². The summed E-state index contributed by atoms with van der Waals surface area (Å²) in [6.45, 7) is 0.699. The molecule has 0 aromatic heterocycles. The Hall–Kier alpha value is -2.22. The van der Waals surface area contributed by atoms with Crippen LogP contribution in [0.4, 0.5) is 0 Å². The molecule has 0 radical (unpaired) electrons. The first-order valence-corrected chi connectivity index (χ1v) is 9.88. The molecule has 6 nitrogen and oxygen atoms in total.